The Balaban J connectivity index is 2.42. The zero-order chi connectivity index (χ0) is 14.0. The van der Waals surface area contributed by atoms with Crippen LogP contribution in [0.3, 0.4) is 0 Å². The zero-order valence-electron chi connectivity index (χ0n) is 11.0. The first-order valence-electron chi connectivity index (χ1n) is 6.36. The van der Waals surface area contributed by atoms with Gasteiger partial charge in [-0.25, -0.2) is 8.78 Å². The zero-order valence-corrected chi connectivity index (χ0v) is 11.0. The Labute approximate surface area is 111 Å². The van der Waals surface area contributed by atoms with Crippen LogP contribution >= 0.6 is 0 Å². The molecule has 0 unspecified atom stereocenters. The standard InChI is InChI=1S/C14H17F2N3/c1-3-10(4-2)19-8-13(17)14(18-19)9-5-6-11(15)12(16)7-9/h5-8,10H,3-4,17H2,1-2H3. The molecule has 0 saturated carbocycles. The van der Waals surface area contributed by atoms with Gasteiger partial charge in [-0.15, -0.1) is 0 Å². The number of hydrogen-bond donors (Lipinski definition) is 1. The van der Waals surface area contributed by atoms with Crippen LogP contribution in [0.5, 0.6) is 0 Å². The molecule has 2 aromatic rings. The Morgan fingerprint density at radius 2 is 1.89 bits per heavy atom. The van der Waals surface area contributed by atoms with Gasteiger partial charge in [0, 0.05) is 11.8 Å². The van der Waals surface area contributed by atoms with E-state index in [1.807, 2.05) is 0 Å². The monoisotopic (exact) mass is 265 g/mol. The SMILES string of the molecule is CCC(CC)n1cc(N)c(-c2ccc(F)c(F)c2)n1. The van der Waals surface area contributed by atoms with Crippen molar-refractivity contribution in [2.24, 2.45) is 0 Å². The normalized spacial score (nSPS) is 11.2. The summed E-state index contributed by atoms with van der Waals surface area (Å²) < 4.78 is 28.0. The van der Waals surface area contributed by atoms with Crippen LogP contribution in [0, 0.1) is 11.6 Å². The fourth-order valence-electron chi connectivity index (χ4n) is 2.12. The molecule has 1 heterocycles. The molecule has 1 aromatic carbocycles. The quantitative estimate of drug-likeness (QED) is 0.914. The van der Waals surface area contributed by atoms with E-state index in [1.54, 1.807) is 10.9 Å². The van der Waals surface area contributed by atoms with Gasteiger partial charge in [-0.2, -0.15) is 5.10 Å². The van der Waals surface area contributed by atoms with Crippen LogP contribution in [-0.4, -0.2) is 9.78 Å². The maximum atomic E-state index is 13.2. The van der Waals surface area contributed by atoms with Gasteiger partial charge in [0.1, 0.15) is 5.69 Å². The predicted molar refractivity (Wildman–Crippen MR) is 71.6 cm³/mol. The average molecular weight is 265 g/mol. The van der Waals surface area contributed by atoms with Gasteiger partial charge in [-0.3, -0.25) is 4.68 Å². The Morgan fingerprint density at radius 3 is 2.47 bits per heavy atom. The lowest BCUT2D eigenvalue weighted by atomic mass is 10.1. The lowest BCUT2D eigenvalue weighted by Crippen LogP contribution is -2.07. The molecule has 0 atom stereocenters. The van der Waals surface area contributed by atoms with Crippen molar-refractivity contribution in [2.75, 3.05) is 5.73 Å². The summed E-state index contributed by atoms with van der Waals surface area (Å²) in [6.07, 6.45) is 3.62. The molecule has 3 nitrogen and oxygen atoms in total. The van der Waals surface area contributed by atoms with E-state index in [9.17, 15) is 8.78 Å². The average Bonchev–Trinajstić information content (AvgIpc) is 2.76. The van der Waals surface area contributed by atoms with Crippen LogP contribution in [0.2, 0.25) is 0 Å². The number of nitrogens with two attached hydrogens (primary N) is 1. The number of benzene rings is 1. The second-order valence-electron chi connectivity index (χ2n) is 4.51. The summed E-state index contributed by atoms with van der Waals surface area (Å²) in [5.41, 5.74) is 7.36. The molecule has 1 aromatic heterocycles. The molecule has 0 bridgehead atoms. The predicted octanol–water partition coefficient (Wildman–Crippen LogP) is 3.77. The molecule has 0 aliphatic rings. The van der Waals surface area contributed by atoms with Gasteiger partial charge < -0.3 is 5.73 Å². The molecule has 102 valence electrons. The van der Waals surface area contributed by atoms with Crippen LogP contribution in [0.1, 0.15) is 32.7 Å². The van der Waals surface area contributed by atoms with E-state index in [0.29, 0.717) is 16.9 Å². The van der Waals surface area contributed by atoms with Crippen molar-refractivity contribution in [1.29, 1.82) is 0 Å². The third-order valence-corrected chi connectivity index (χ3v) is 3.27. The van der Waals surface area contributed by atoms with E-state index >= 15 is 0 Å². The molecular weight excluding hydrogens is 248 g/mol. The number of anilines is 1. The Kier molecular flexibility index (Phi) is 3.83. The highest BCUT2D eigenvalue weighted by Crippen LogP contribution is 2.27. The molecule has 2 N–H and O–H groups in total. The van der Waals surface area contributed by atoms with Crippen molar-refractivity contribution in [2.45, 2.75) is 32.7 Å². The molecule has 0 amide bonds. The molecule has 0 aliphatic heterocycles. The summed E-state index contributed by atoms with van der Waals surface area (Å²) in [5.74, 6) is -1.77. The number of hydrogen-bond acceptors (Lipinski definition) is 2. The first-order chi connectivity index (χ1) is 9.06. The summed E-state index contributed by atoms with van der Waals surface area (Å²) in [4.78, 5) is 0. The van der Waals surface area contributed by atoms with E-state index in [-0.39, 0.29) is 6.04 Å². The van der Waals surface area contributed by atoms with E-state index in [4.69, 9.17) is 5.73 Å². The summed E-state index contributed by atoms with van der Waals surface area (Å²) in [5, 5.41) is 4.40. The first-order valence-corrected chi connectivity index (χ1v) is 6.36. The lowest BCUT2D eigenvalue weighted by molar-refractivity contribution is 0.429. The number of halogens is 2. The van der Waals surface area contributed by atoms with Crippen molar-refractivity contribution < 1.29 is 8.78 Å². The molecule has 0 radical (unpaired) electrons. The highest BCUT2D eigenvalue weighted by atomic mass is 19.2. The molecule has 0 spiro atoms. The molecule has 0 saturated heterocycles. The Bertz CT molecular complexity index is 574. The Hall–Kier alpha value is -1.91. The minimum absolute atomic E-state index is 0.265. The topological polar surface area (TPSA) is 43.8 Å². The lowest BCUT2D eigenvalue weighted by Gasteiger charge is -2.12. The van der Waals surface area contributed by atoms with Crippen LogP contribution in [0.25, 0.3) is 11.3 Å². The van der Waals surface area contributed by atoms with E-state index in [2.05, 4.69) is 18.9 Å². The number of nitrogen functional groups attached to an aromatic ring is 1. The summed E-state index contributed by atoms with van der Waals surface area (Å²) in [6.45, 7) is 4.15. The highest BCUT2D eigenvalue weighted by Gasteiger charge is 2.14. The second-order valence-corrected chi connectivity index (χ2v) is 4.51. The summed E-state index contributed by atoms with van der Waals surface area (Å²) in [7, 11) is 0. The van der Waals surface area contributed by atoms with Gasteiger partial charge >= 0.3 is 0 Å². The van der Waals surface area contributed by atoms with Gasteiger partial charge in [0.15, 0.2) is 11.6 Å². The third kappa shape index (κ3) is 2.59. The van der Waals surface area contributed by atoms with Crippen LogP contribution in [-0.2, 0) is 0 Å². The molecule has 5 heteroatoms. The maximum Gasteiger partial charge on any atom is 0.159 e. The minimum atomic E-state index is -0.894. The summed E-state index contributed by atoms with van der Waals surface area (Å²) in [6, 6.07) is 3.95. The molecular formula is C14H17F2N3. The van der Waals surface area contributed by atoms with Gasteiger partial charge in [0.2, 0.25) is 0 Å². The Morgan fingerprint density at radius 1 is 1.21 bits per heavy atom. The van der Waals surface area contributed by atoms with Gasteiger partial charge in [0.05, 0.1) is 11.7 Å². The van der Waals surface area contributed by atoms with E-state index in [1.165, 1.54) is 6.07 Å². The number of aromatic nitrogens is 2. The first kappa shape index (κ1) is 13.5. The fourth-order valence-corrected chi connectivity index (χ4v) is 2.12. The van der Waals surface area contributed by atoms with Gasteiger partial charge in [0.25, 0.3) is 0 Å². The van der Waals surface area contributed by atoms with E-state index in [0.717, 1.165) is 25.0 Å². The molecule has 0 fully saturated rings. The minimum Gasteiger partial charge on any atom is -0.396 e. The smallest absolute Gasteiger partial charge is 0.159 e. The van der Waals surface area contributed by atoms with Gasteiger partial charge in [-0.05, 0) is 31.0 Å². The molecule has 0 aliphatic carbocycles. The third-order valence-electron chi connectivity index (χ3n) is 3.27. The van der Waals surface area contributed by atoms with Crippen molar-refractivity contribution >= 4 is 5.69 Å². The van der Waals surface area contributed by atoms with Crippen LogP contribution in [0.15, 0.2) is 24.4 Å². The fraction of sp³-hybridized carbons (Fsp3) is 0.357. The van der Waals surface area contributed by atoms with Crippen molar-refractivity contribution in [1.82, 2.24) is 9.78 Å². The van der Waals surface area contributed by atoms with Crippen molar-refractivity contribution in [3.63, 3.8) is 0 Å². The van der Waals surface area contributed by atoms with E-state index < -0.39 is 11.6 Å². The number of rotatable bonds is 4. The maximum absolute atomic E-state index is 13.2. The molecule has 2 rings (SSSR count). The molecule has 19 heavy (non-hydrogen) atoms. The van der Waals surface area contributed by atoms with Crippen molar-refractivity contribution in [3.05, 3.63) is 36.0 Å². The highest BCUT2D eigenvalue weighted by molar-refractivity contribution is 5.71. The van der Waals surface area contributed by atoms with Gasteiger partial charge in [-0.1, -0.05) is 13.8 Å². The van der Waals surface area contributed by atoms with Crippen LogP contribution < -0.4 is 5.73 Å². The van der Waals surface area contributed by atoms with Crippen LogP contribution in [0.4, 0.5) is 14.5 Å². The summed E-state index contributed by atoms with van der Waals surface area (Å²) >= 11 is 0. The number of nitrogens with zero attached hydrogens (tertiary/aromatic N) is 2. The largest absolute Gasteiger partial charge is 0.396 e. The van der Waals surface area contributed by atoms with Crippen molar-refractivity contribution in [3.8, 4) is 11.3 Å². The second kappa shape index (κ2) is 5.38.